The van der Waals surface area contributed by atoms with Crippen molar-refractivity contribution in [3.63, 3.8) is 0 Å². The topological polar surface area (TPSA) is 36.4 Å². The summed E-state index contributed by atoms with van der Waals surface area (Å²) in [6, 6.07) is 6.76. The van der Waals surface area contributed by atoms with Crippen LogP contribution in [0.2, 0.25) is 0 Å². The van der Waals surface area contributed by atoms with Crippen LogP contribution in [0.1, 0.15) is 46.4 Å². The number of hydrogen-bond acceptors (Lipinski definition) is 3. The number of pyridine rings is 1. The van der Waals surface area contributed by atoms with Crippen LogP contribution in [-0.4, -0.2) is 52.9 Å². The van der Waals surface area contributed by atoms with Crippen molar-refractivity contribution in [3.05, 3.63) is 40.6 Å². The molecule has 2 fully saturated rings. The number of piperazine rings is 1. The molecule has 0 bridgehead atoms. The van der Waals surface area contributed by atoms with Gasteiger partial charge in [0.2, 0.25) is 0 Å². The largest absolute Gasteiger partial charge is 0.336 e. The van der Waals surface area contributed by atoms with E-state index in [4.69, 9.17) is 4.98 Å². The molecule has 0 radical (unpaired) electrons. The van der Waals surface area contributed by atoms with Crippen molar-refractivity contribution in [1.82, 2.24) is 14.8 Å². The molecule has 2 aliphatic rings. The van der Waals surface area contributed by atoms with Crippen molar-refractivity contribution in [2.75, 3.05) is 26.2 Å². The zero-order valence-corrected chi connectivity index (χ0v) is 15.5. The summed E-state index contributed by atoms with van der Waals surface area (Å²) in [6.07, 6.45) is 3.81. The minimum Gasteiger partial charge on any atom is -0.336 e. The average molecular weight is 337 g/mol. The number of carbonyl (C=O) groups excluding carboxylic acids is 1. The lowest BCUT2D eigenvalue weighted by Gasteiger charge is -2.44. The van der Waals surface area contributed by atoms with Crippen LogP contribution < -0.4 is 0 Å². The van der Waals surface area contributed by atoms with Crippen LogP contribution in [0.3, 0.4) is 0 Å². The van der Waals surface area contributed by atoms with Crippen molar-refractivity contribution in [1.29, 1.82) is 0 Å². The molecule has 132 valence electrons. The third-order valence-electron chi connectivity index (χ3n) is 5.97. The summed E-state index contributed by atoms with van der Waals surface area (Å²) in [4.78, 5) is 22.8. The van der Waals surface area contributed by atoms with Crippen LogP contribution in [0.4, 0.5) is 0 Å². The molecule has 1 aromatic carbocycles. The Balaban J connectivity index is 1.72. The van der Waals surface area contributed by atoms with Crippen LogP contribution in [0.5, 0.6) is 0 Å². The maximum absolute atomic E-state index is 13.5. The molecule has 4 rings (SSSR count). The van der Waals surface area contributed by atoms with E-state index in [1.165, 1.54) is 31.4 Å². The molecule has 0 saturated carbocycles. The van der Waals surface area contributed by atoms with Gasteiger partial charge in [0.25, 0.3) is 5.91 Å². The molecular weight excluding hydrogens is 310 g/mol. The molecule has 1 amide bonds. The highest BCUT2D eigenvalue weighted by molar-refractivity contribution is 6.07. The van der Waals surface area contributed by atoms with Gasteiger partial charge in [0.1, 0.15) is 0 Å². The second kappa shape index (κ2) is 6.41. The Kier molecular flexibility index (Phi) is 4.24. The SMILES string of the molecule is Cc1ccc2nc(C)c(C)c(C(=O)N3CCN4CCCCC4C3)c2c1. The van der Waals surface area contributed by atoms with Crippen LogP contribution in [0, 0.1) is 20.8 Å². The molecule has 0 spiro atoms. The molecule has 3 heterocycles. The standard InChI is InChI=1S/C21H27N3O/c1-14-7-8-19-18(12-14)20(15(2)16(3)22-19)21(25)24-11-10-23-9-5-4-6-17(23)13-24/h7-8,12,17H,4-6,9-11,13H2,1-3H3. The number of aromatic nitrogens is 1. The summed E-state index contributed by atoms with van der Waals surface area (Å²) >= 11 is 0. The van der Waals surface area contributed by atoms with Gasteiger partial charge >= 0.3 is 0 Å². The second-order valence-corrected chi connectivity index (χ2v) is 7.65. The maximum atomic E-state index is 13.5. The number of rotatable bonds is 1. The van der Waals surface area contributed by atoms with Gasteiger partial charge in [-0.15, -0.1) is 0 Å². The van der Waals surface area contributed by atoms with Crippen LogP contribution in [0.15, 0.2) is 18.2 Å². The maximum Gasteiger partial charge on any atom is 0.254 e. The summed E-state index contributed by atoms with van der Waals surface area (Å²) in [7, 11) is 0. The predicted octanol–water partition coefficient (Wildman–Crippen LogP) is 3.47. The molecule has 1 atom stereocenters. The Morgan fingerprint density at radius 3 is 2.80 bits per heavy atom. The van der Waals surface area contributed by atoms with Gasteiger partial charge in [-0.05, 0) is 57.9 Å². The molecule has 4 nitrogen and oxygen atoms in total. The second-order valence-electron chi connectivity index (χ2n) is 7.65. The predicted molar refractivity (Wildman–Crippen MR) is 101 cm³/mol. The lowest BCUT2D eigenvalue weighted by Crippen LogP contribution is -2.56. The van der Waals surface area contributed by atoms with E-state index in [2.05, 4.69) is 28.9 Å². The minimum absolute atomic E-state index is 0.184. The van der Waals surface area contributed by atoms with E-state index < -0.39 is 0 Å². The average Bonchev–Trinajstić information content (AvgIpc) is 2.62. The smallest absolute Gasteiger partial charge is 0.254 e. The summed E-state index contributed by atoms with van der Waals surface area (Å²) in [5.74, 6) is 0.184. The number of hydrogen-bond donors (Lipinski definition) is 0. The summed E-state index contributed by atoms with van der Waals surface area (Å²) in [5, 5.41) is 0.999. The molecule has 2 aromatic rings. The zero-order chi connectivity index (χ0) is 17.6. The normalized spacial score (nSPS) is 21.4. The van der Waals surface area contributed by atoms with Crippen LogP contribution in [0.25, 0.3) is 10.9 Å². The molecule has 0 N–H and O–H groups in total. The quantitative estimate of drug-likeness (QED) is 0.799. The zero-order valence-electron chi connectivity index (χ0n) is 15.5. The van der Waals surface area contributed by atoms with Gasteiger partial charge in [0, 0.05) is 36.8 Å². The van der Waals surface area contributed by atoms with Crippen molar-refractivity contribution in [2.45, 2.75) is 46.1 Å². The highest BCUT2D eigenvalue weighted by Crippen LogP contribution is 2.28. The summed E-state index contributed by atoms with van der Waals surface area (Å²) in [5.41, 5.74) is 4.93. The monoisotopic (exact) mass is 337 g/mol. The Hall–Kier alpha value is -1.94. The van der Waals surface area contributed by atoms with Gasteiger partial charge in [-0.1, -0.05) is 18.1 Å². The van der Waals surface area contributed by atoms with E-state index in [1.807, 2.05) is 19.9 Å². The lowest BCUT2D eigenvalue weighted by molar-refractivity contribution is 0.0373. The van der Waals surface area contributed by atoms with Crippen molar-refractivity contribution < 1.29 is 4.79 Å². The van der Waals surface area contributed by atoms with Crippen LogP contribution >= 0.6 is 0 Å². The van der Waals surface area contributed by atoms with Gasteiger partial charge in [-0.25, -0.2) is 0 Å². The number of carbonyl (C=O) groups is 1. The third kappa shape index (κ3) is 2.93. The molecule has 4 heteroatoms. The van der Waals surface area contributed by atoms with E-state index >= 15 is 0 Å². The fourth-order valence-corrected chi connectivity index (χ4v) is 4.37. The first-order valence-electron chi connectivity index (χ1n) is 9.45. The summed E-state index contributed by atoms with van der Waals surface area (Å²) in [6.45, 7) is 10.0. The van der Waals surface area contributed by atoms with E-state index in [9.17, 15) is 4.79 Å². The molecule has 1 unspecified atom stereocenters. The van der Waals surface area contributed by atoms with E-state index in [1.54, 1.807) is 0 Å². The highest BCUT2D eigenvalue weighted by Gasteiger charge is 2.32. The molecule has 1 aromatic heterocycles. The number of piperidine rings is 1. The van der Waals surface area contributed by atoms with Crippen molar-refractivity contribution in [3.8, 4) is 0 Å². The van der Waals surface area contributed by atoms with E-state index in [0.29, 0.717) is 6.04 Å². The molecule has 2 aliphatic heterocycles. The Bertz CT molecular complexity index is 829. The fourth-order valence-electron chi connectivity index (χ4n) is 4.37. The number of aryl methyl sites for hydroxylation is 2. The Morgan fingerprint density at radius 2 is 1.96 bits per heavy atom. The fraction of sp³-hybridized carbons (Fsp3) is 0.524. The molecular formula is C21H27N3O. The first-order valence-corrected chi connectivity index (χ1v) is 9.45. The van der Waals surface area contributed by atoms with Gasteiger partial charge < -0.3 is 4.90 Å². The number of fused-ring (bicyclic) bond motifs is 2. The van der Waals surface area contributed by atoms with Crippen LogP contribution in [-0.2, 0) is 0 Å². The number of nitrogens with zero attached hydrogens (tertiary/aromatic N) is 3. The van der Waals surface area contributed by atoms with Gasteiger partial charge in [0.15, 0.2) is 0 Å². The Morgan fingerprint density at radius 1 is 1.12 bits per heavy atom. The van der Waals surface area contributed by atoms with Crippen molar-refractivity contribution in [2.24, 2.45) is 0 Å². The van der Waals surface area contributed by atoms with Gasteiger partial charge in [-0.2, -0.15) is 0 Å². The summed E-state index contributed by atoms with van der Waals surface area (Å²) < 4.78 is 0. The molecule has 2 saturated heterocycles. The first kappa shape index (κ1) is 16.5. The number of amides is 1. The number of benzene rings is 1. The minimum atomic E-state index is 0.184. The lowest BCUT2D eigenvalue weighted by atomic mass is 9.96. The highest BCUT2D eigenvalue weighted by atomic mass is 16.2. The van der Waals surface area contributed by atoms with E-state index in [-0.39, 0.29) is 5.91 Å². The van der Waals surface area contributed by atoms with Gasteiger partial charge in [0.05, 0.1) is 11.1 Å². The third-order valence-corrected chi connectivity index (χ3v) is 5.97. The Labute approximate surface area is 149 Å². The molecule has 0 aliphatic carbocycles. The first-order chi connectivity index (χ1) is 12.0. The van der Waals surface area contributed by atoms with Crippen molar-refractivity contribution >= 4 is 16.8 Å². The molecule has 25 heavy (non-hydrogen) atoms. The van der Waals surface area contributed by atoms with E-state index in [0.717, 1.165) is 47.4 Å². The van der Waals surface area contributed by atoms with Gasteiger partial charge in [-0.3, -0.25) is 14.7 Å².